The first kappa shape index (κ1) is 24.4. The Balaban J connectivity index is 1.09. The van der Waals surface area contributed by atoms with E-state index in [1.807, 2.05) is 0 Å². The number of hydrogen-bond acceptors (Lipinski definition) is 4. The summed E-state index contributed by atoms with van der Waals surface area (Å²) in [5.74, 6) is 1.10. The van der Waals surface area contributed by atoms with E-state index in [1.165, 1.54) is 31.4 Å². The lowest BCUT2D eigenvalue weighted by molar-refractivity contribution is -0.141. The lowest BCUT2D eigenvalue weighted by atomic mass is 9.53. The second kappa shape index (κ2) is 10.7. The molecule has 0 aromatic heterocycles. The molecule has 0 spiro atoms. The lowest BCUT2D eigenvalue weighted by Gasteiger charge is -2.56. The molecule has 8 nitrogen and oxygen atoms in total. The van der Waals surface area contributed by atoms with Crippen molar-refractivity contribution in [1.29, 1.82) is 0 Å². The van der Waals surface area contributed by atoms with Crippen molar-refractivity contribution < 1.29 is 24.6 Å². The van der Waals surface area contributed by atoms with Gasteiger partial charge in [-0.1, -0.05) is 18.6 Å². The van der Waals surface area contributed by atoms with Crippen molar-refractivity contribution in [3.63, 3.8) is 0 Å². The number of carbonyl (C=O) groups is 3. The number of aliphatic carboxylic acids is 1. The van der Waals surface area contributed by atoms with Gasteiger partial charge in [0.15, 0.2) is 0 Å². The van der Waals surface area contributed by atoms with Crippen LogP contribution in [0.15, 0.2) is 24.3 Å². The van der Waals surface area contributed by atoms with E-state index in [9.17, 15) is 24.6 Å². The molecule has 4 bridgehead atoms. The number of unbranched alkanes of at least 4 members (excludes halogenated alkanes) is 2. The van der Waals surface area contributed by atoms with E-state index in [1.54, 1.807) is 12.1 Å². The zero-order valence-corrected chi connectivity index (χ0v) is 19.7. The van der Waals surface area contributed by atoms with E-state index in [-0.39, 0.29) is 36.1 Å². The van der Waals surface area contributed by atoms with Gasteiger partial charge in [-0.2, -0.15) is 0 Å². The molecule has 0 heterocycles. The maximum Gasteiger partial charge on any atom is 0.326 e. The SMILES string of the molecule is O=C(CCCCCNC(=O)NC12CC3CC(CC(C3)C1)C2)N[C@@H](Cc1ccc(O)cc1)C(=O)O. The molecular weight excluding hydrogens is 434 g/mol. The number of rotatable bonds is 11. The van der Waals surface area contributed by atoms with Crippen molar-refractivity contribution in [2.45, 2.75) is 82.2 Å². The summed E-state index contributed by atoms with van der Waals surface area (Å²) >= 11 is 0. The highest BCUT2D eigenvalue weighted by Gasteiger charge is 2.51. The molecule has 5 N–H and O–H groups in total. The predicted molar refractivity (Wildman–Crippen MR) is 127 cm³/mol. The van der Waals surface area contributed by atoms with Crippen LogP contribution in [0.3, 0.4) is 0 Å². The third-order valence-corrected chi connectivity index (χ3v) is 7.79. The monoisotopic (exact) mass is 471 g/mol. The van der Waals surface area contributed by atoms with Crippen LogP contribution in [0.25, 0.3) is 0 Å². The maximum atomic E-state index is 12.5. The van der Waals surface area contributed by atoms with Gasteiger partial charge in [0.1, 0.15) is 11.8 Å². The van der Waals surface area contributed by atoms with Gasteiger partial charge in [-0.05, 0) is 86.8 Å². The molecule has 5 rings (SSSR count). The van der Waals surface area contributed by atoms with Gasteiger partial charge >= 0.3 is 12.0 Å². The van der Waals surface area contributed by atoms with Gasteiger partial charge in [0.25, 0.3) is 0 Å². The summed E-state index contributed by atoms with van der Waals surface area (Å²) in [5, 5.41) is 27.6. The van der Waals surface area contributed by atoms with Crippen LogP contribution in [0.1, 0.15) is 69.8 Å². The predicted octanol–water partition coefficient (Wildman–Crippen LogP) is 3.33. The number of carboxylic acids is 1. The molecule has 1 aromatic carbocycles. The quantitative estimate of drug-likeness (QED) is 0.316. The van der Waals surface area contributed by atoms with Crippen LogP contribution < -0.4 is 16.0 Å². The number of amides is 3. The van der Waals surface area contributed by atoms with E-state index in [0.29, 0.717) is 13.0 Å². The molecule has 8 heteroatoms. The van der Waals surface area contributed by atoms with Gasteiger partial charge in [0.05, 0.1) is 0 Å². The zero-order chi connectivity index (χ0) is 24.1. The number of aromatic hydroxyl groups is 1. The molecular formula is C26H37N3O5. The van der Waals surface area contributed by atoms with E-state index >= 15 is 0 Å². The van der Waals surface area contributed by atoms with E-state index in [2.05, 4.69) is 16.0 Å². The Morgan fingerprint density at radius 1 is 0.941 bits per heavy atom. The van der Waals surface area contributed by atoms with Crippen molar-refractivity contribution in [3.05, 3.63) is 29.8 Å². The zero-order valence-electron chi connectivity index (χ0n) is 19.7. The smallest absolute Gasteiger partial charge is 0.326 e. The molecule has 34 heavy (non-hydrogen) atoms. The van der Waals surface area contributed by atoms with Crippen LogP contribution >= 0.6 is 0 Å². The summed E-state index contributed by atoms with van der Waals surface area (Å²) in [6.07, 6.45) is 10.0. The number of carboxylic acid groups (broad SMARTS) is 1. The normalized spacial score (nSPS) is 27.7. The van der Waals surface area contributed by atoms with Crippen molar-refractivity contribution in [3.8, 4) is 5.75 Å². The first-order chi connectivity index (χ1) is 16.3. The minimum absolute atomic E-state index is 0.0116. The average molecular weight is 472 g/mol. The highest BCUT2D eigenvalue weighted by molar-refractivity contribution is 5.83. The Bertz CT molecular complexity index is 850. The van der Waals surface area contributed by atoms with Crippen LogP contribution in [0.2, 0.25) is 0 Å². The van der Waals surface area contributed by atoms with Crippen molar-refractivity contribution in [2.75, 3.05) is 6.54 Å². The summed E-state index contributed by atoms with van der Waals surface area (Å²) in [5.41, 5.74) is 0.737. The average Bonchev–Trinajstić information content (AvgIpc) is 2.75. The molecule has 0 saturated heterocycles. The van der Waals surface area contributed by atoms with Gasteiger partial charge < -0.3 is 26.2 Å². The van der Waals surface area contributed by atoms with Crippen LogP contribution in [0.5, 0.6) is 5.75 Å². The minimum atomic E-state index is -1.09. The van der Waals surface area contributed by atoms with Gasteiger partial charge in [0.2, 0.25) is 5.91 Å². The Hall–Kier alpha value is -2.77. The number of hydrogen-bond donors (Lipinski definition) is 5. The second-order valence-corrected chi connectivity index (χ2v) is 10.7. The van der Waals surface area contributed by atoms with Crippen LogP contribution in [0, 0.1) is 17.8 Å². The Morgan fingerprint density at radius 2 is 1.56 bits per heavy atom. The molecule has 4 saturated carbocycles. The summed E-state index contributed by atoms with van der Waals surface area (Å²) < 4.78 is 0. The first-order valence-corrected chi connectivity index (χ1v) is 12.7. The third-order valence-electron chi connectivity index (χ3n) is 7.79. The number of phenolic OH excluding ortho intramolecular Hbond substituents is 1. The highest BCUT2D eigenvalue weighted by Crippen LogP contribution is 2.55. The van der Waals surface area contributed by atoms with Gasteiger partial charge in [0, 0.05) is 24.9 Å². The lowest BCUT2D eigenvalue weighted by Crippen LogP contribution is -2.61. The van der Waals surface area contributed by atoms with Gasteiger partial charge in [-0.3, -0.25) is 4.79 Å². The van der Waals surface area contributed by atoms with E-state index in [4.69, 9.17) is 0 Å². The standard InChI is InChI=1S/C26H37N3O5/c30-21-7-5-17(6-8-21)13-22(24(32)33)28-23(31)4-2-1-3-9-27-25(34)29-26-14-18-10-19(15-26)12-20(11-18)16-26/h5-8,18-20,22,30H,1-4,9-16H2,(H,28,31)(H,32,33)(H2,27,29,34)/t18?,19?,20?,22-,26?/m0/s1. The molecule has 4 aliphatic rings. The summed E-state index contributed by atoms with van der Waals surface area (Å²) in [6.45, 7) is 0.568. The largest absolute Gasteiger partial charge is 0.508 e. The fraction of sp³-hybridized carbons (Fsp3) is 0.654. The van der Waals surface area contributed by atoms with Gasteiger partial charge in [-0.15, -0.1) is 0 Å². The number of benzene rings is 1. The van der Waals surface area contributed by atoms with Crippen molar-refractivity contribution in [1.82, 2.24) is 16.0 Å². The molecule has 4 fully saturated rings. The van der Waals surface area contributed by atoms with Crippen molar-refractivity contribution >= 4 is 17.9 Å². The van der Waals surface area contributed by atoms with Crippen LogP contribution in [-0.2, 0) is 16.0 Å². The van der Waals surface area contributed by atoms with Crippen LogP contribution in [0.4, 0.5) is 4.79 Å². The van der Waals surface area contributed by atoms with E-state index in [0.717, 1.165) is 55.4 Å². The molecule has 0 unspecified atom stereocenters. The highest BCUT2D eigenvalue weighted by atomic mass is 16.4. The molecule has 4 aliphatic carbocycles. The Kier molecular flexibility index (Phi) is 7.63. The fourth-order valence-corrected chi connectivity index (χ4v) is 6.67. The van der Waals surface area contributed by atoms with Crippen LogP contribution in [-0.4, -0.2) is 46.2 Å². The molecule has 0 radical (unpaired) electrons. The first-order valence-electron chi connectivity index (χ1n) is 12.7. The number of urea groups is 1. The number of carbonyl (C=O) groups excluding carboxylic acids is 2. The number of nitrogens with one attached hydrogen (secondary N) is 3. The molecule has 3 amide bonds. The Morgan fingerprint density at radius 3 is 2.15 bits per heavy atom. The van der Waals surface area contributed by atoms with Gasteiger partial charge in [-0.25, -0.2) is 9.59 Å². The van der Waals surface area contributed by atoms with E-state index < -0.39 is 12.0 Å². The van der Waals surface area contributed by atoms with Crippen molar-refractivity contribution in [2.24, 2.45) is 17.8 Å². The summed E-state index contributed by atoms with van der Waals surface area (Å²) in [4.78, 5) is 36.2. The maximum absolute atomic E-state index is 12.5. The topological polar surface area (TPSA) is 128 Å². The third kappa shape index (κ3) is 6.42. The second-order valence-electron chi connectivity index (χ2n) is 10.7. The summed E-state index contributed by atoms with van der Waals surface area (Å²) in [7, 11) is 0. The molecule has 1 atom stereocenters. The Labute approximate surface area is 200 Å². The molecule has 1 aromatic rings. The molecule has 0 aliphatic heterocycles. The molecule has 186 valence electrons. The fourth-order valence-electron chi connectivity index (χ4n) is 6.67. The summed E-state index contributed by atoms with van der Waals surface area (Å²) in [6, 6.07) is 5.19. The minimum Gasteiger partial charge on any atom is -0.508 e. The number of phenols is 1.